The highest BCUT2D eigenvalue weighted by Gasteiger charge is 2.33. The Labute approximate surface area is 117 Å². The second-order valence-corrected chi connectivity index (χ2v) is 4.71. The van der Waals surface area contributed by atoms with Crippen LogP contribution in [0.1, 0.15) is 5.56 Å². The third-order valence-electron chi connectivity index (χ3n) is 2.61. The minimum absolute atomic E-state index is 0.0296. The van der Waals surface area contributed by atoms with E-state index in [1.54, 1.807) is 5.38 Å². The molecule has 0 saturated heterocycles. The van der Waals surface area contributed by atoms with Crippen molar-refractivity contribution in [3.05, 3.63) is 23.1 Å². The highest BCUT2D eigenvalue weighted by Crippen LogP contribution is 2.43. The number of nitrogens with zero attached hydrogens (tertiary/aromatic N) is 1. The van der Waals surface area contributed by atoms with Crippen LogP contribution in [-0.2, 0) is 6.18 Å². The van der Waals surface area contributed by atoms with E-state index in [1.807, 2.05) is 0 Å². The van der Waals surface area contributed by atoms with Gasteiger partial charge in [0.2, 0.25) is 0 Å². The van der Waals surface area contributed by atoms with Crippen molar-refractivity contribution in [2.45, 2.75) is 6.18 Å². The number of thiazole rings is 1. The number of methoxy groups -OCH3 is 2. The third-order valence-corrected chi connectivity index (χ3v) is 3.29. The first kappa shape index (κ1) is 14.4. The number of nitrogen functional groups attached to an aromatic ring is 1. The first-order valence-corrected chi connectivity index (χ1v) is 6.29. The van der Waals surface area contributed by atoms with E-state index in [0.717, 1.165) is 12.1 Å². The smallest absolute Gasteiger partial charge is 0.416 e. The number of hydrogen-bond donors (Lipinski definition) is 1. The fourth-order valence-electron chi connectivity index (χ4n) is 1.73. The summed E-state index contributed by atoms with van der Waals surface area (Å²) in [6.07, 6.45) is -4.49. The van der Waals surface area contributed by atoms with E-state index in [9.17, 15) is 13.2 Å². The van der Waals surface area contributed by atoms with Crippen molar-refractivity contribution in [1.82, 2.24) is 4.98 Å². The Kier molecular flexibility index (Phi) is 3.76. The van der Waals surface area contributed by atoms with Crippen LogP contribution in [0.4, 0.5) is 18.3 Å². The fourth-order valence-corrected chi connectivity index (χ4v) is 2.28. The molecule has 0 atom stereocenters. The number of rotatable bonds is 3. The highest BCUT2D eigenvalue weighted by molar-refractivity contribution is 7.13. The number of alkyl halides is 3. The standard InChI is InChI=1S/C12H11F3N2O2S/c1-18-8-3-6(12(13,14)15)4-9(19-2)10(8)7-5-20-11(16)17-7/h3-5H,1-2H3,(H2,16,17). The summed E-state index contributed by atoms with van der Waals surface area (Å²) < 4.78 is 48.5. The maximum Gasteiger partial charge on any atom is 0.416 e. The normalized spacial score (nSPS) is 11.4. The van der Waals surface area contributed by atoms with E-state index in [2.05, 4.69) is 4.98 Å². The molecular formula is C12H11F3N2O2S. The summed E-state index contributed by atoms with van der Waals surface area (Å²) in [4.78, 5) is 4.05. The van der Waals surface area contributed by atoms with Gasteiger partial charge in [0.05, 0.1) is 31.0 Å². The molecule has 0 saturated carbocycles. The zero-order valence-electron chi connectivity index (χ0n) is 10.6. The lowest BCUT2D eigenvalue weighted by atomic mass is 10.1. The summed E-state index contributed by atoms with van der Waals surface area (Å²) in [6, 6.07) is 1.82. The SMILES string of the molecule is COc1cc(C(F)(F)F)cc(OC)c1-c1csc(N)n1. The van der Waals surface area contributed by atoms with E-state index in [0.29, 0.717) is 16.4 Å². The van der Waals surface area contributed by atoms with Crippen LogP contribution >= 0.6 is 11.3 Å². The molecule has 0 spiro atoms. The van der Waals surface area contributed by atoms with Crippen LogP contribution in [0.15, 0.2) is 17.5 Å². The molecule has 0 aliphatic rings. The van der Waals surface area contributed by atoms with E-state index in [4.69, 9.17) is 15.2 Å². The lowest BCUT2D eigenvalue weighted by Gasteiger charge is -2.15. The number of ether oxygens (including phenoxy) is 2. The molecule has 0 amide bonds. The topological polar surface area (TPSA) is 57.4 Å². The Hall–Kier alpha value is -1.96. The molecule has 0 aliphatic carbocycles. The molecule has 2 N–H and O–H groups in total. The number of halogens is 3. The number of hydrogen-bond acceptors (Lipinski definition) is 5. The van der Waals surface area contributed by atoms with Gasteiger partial charge in [0.15, 0.2) is 5.13 Å². The van der Waals surface area contributed by atoms with Gasteiger partial charge in [0.1, 0.15) is 11.5 Å². The second kappa shape index (κ2) is 5.20. The first-order chi connectivity index (χ1) is 9.36. The van der Waals surface area contributed by atoms with Crippen LogP contribution in [0, 0.1) is 0 Å². The summed E-state index contributed by atoms with van der Waals surface area (Å²) in [5.74, 6) is 0.0592. The van der Waals surface area contributed by atoms with Gasteiger partial charge in [-0.15, -0.1) is 11.3 Å². The van der Waals surface area contributed by atoms with Crippen LogP contribution in [-0.4, -0.2) is 19.2 Å². The minimum atomic E-state index is -4.49. The van der Waals surface area contributed by atoms with Gasteiger partial charge < -0.3 is 15.2 Å². The Morgan fingerprint density at radius 2 is 1.70 bits per heavy atom. The molecule has 8 heteroatoms. The van der Waals surface area contributed by atoms with Crippen molar-refractivity contribution in [3.63, 3.8) is 0 Å². The average molecular weight is 304 g/mol. The molecule has 0 bridgehead atoms. The van der Waals surface area contributed by atoms with E-state index < -0.39 is 11.7 Å². The van der Waals surface area contributed by atoms with Gasteiger partial charge in [-0.3, -0.25) is 0 Å². The molecule has 2 aromatic rings. The summed E-state index contributed by atoms with van der Waals surface area (Å²) >= 11 is 1.18. The first-order valence-electron chi connectivity index (χ1n) is 5.41. The molecule has 1 aromatic carbocycles. The predicted molar refractivity (Wildman–Crippen MR) is 70.1 cm³/mol. The molecular weight excluding hydrogens is 293 g/mol. The van der Waals surface area contributed by atoms with Crippen molar-refractivity contribution < 1.29 is 22.6 Å². The maximum absolute atomic E-state index is 12.8. The fraction of sp³-hybridized carbons (Fsp3) is 0.250. The quantitative estimate of drug-likeness (QED) is 0.944. The van der Waals surface area contributed by atoms with Gasteiger partial charge in [0.25, 0.3) is 0 Å². The van der Waals surface area contributed by atoms with Gasteiger partial charge in [-0.05, 0) is 12.1 Å². The molecule has 4 nitrogen and oxygen atoms in total. The molecule has 0 fully saturated rings. The Morgan fingerprint density at radius 3 is 2.05 bits per heavy atom. The molecule has 0 unspecified atom stereocenters. The second-order valence-electron chi connectivity index (χ2n) is 3.82. The molecule has 1 heterocycles. The van der Waals surface area contributed by atoms with Crippen LogP contribution in [0.25, 0.3) is 11.3 Å². The predicted octanol–water partition coefficient (Wildman–Crippen LogP) is 3.43. The largest absolute Gasteiger partial charge is 0.496 e. The monoisotopic (exact) mass is 304 g/mol. The molecule has 2 rings (SSSR count). The van der Waals surface area contributed by atoms with Gasteiger partial charge in [0, 0.05) is 5.38 Å². The number of nitrogens with two attached hydrogens (primary N) is 1. The molecule has 0 aliphatic heterocycles. The van der Waals surface area contributed by atoms with Gasteiger partial charge in [-0.25, -0.2) is 4.98 Å². The minimum Gasteiger partial charge on any atom is -0.496 e. The zero-order valence-corrected chi connectivity index (χ0v) is 11.4. The van der Waals surface area contributed by atoms with Crippen LogP contribution in [0.3, 0.4) is 0 Å². The number of aromatic nitrogens is 1. The number of anilines is 1. The highest BCUT2D eigenvalue weighted by atomic mass is 32.1. The van der Waals surface area contributed by atoms with Crippen molar-refractivity contribution in [1.29, 1.82) is 0 Å². The van der Waals surface area contributed by atoms with Crippen molar-refractivity contribution in [2.75, 3.05) is 20.0 Å². The summed E-state index contributed by atoms with van der Waals surface area (Å²) in [6.45, 7) is 0. The lowest BCUT2D eigenvalue weighted by molar-refractivity contribution is -0.137. The third kappa shape index (κ3) is 2.64. The Bertz CT molecular complexity index is 600. The molecule has 20 heavy (non-hydrogen) atoms. The van der Waals surface area contributed by atoms with Gasteiger partial charge >= 0.3 is 6.18 Å². The summed E-state index contributed by atoms with van der Waals surface area (Å²) in [7, 11) is 2.57. The summed E-state index contributed by atoms with van der Waals surface area (Å²) in [5, 5.41) is 1.94. The van der Waals surface area contributed by atoms with E-state index in [1.165, 1.54) is 25.6 Å². The Balaban J connectivity index is 2.67. The van der Waals surface area contributed by atoms with E-state index >= 15 is 0 Å². The van der Waals surface area contributed by atoms with Gasteiger partial charge in [-0.1, -0.05) is 0 Å². The van der Waals surface area contributed by atoms with Crippen molar-refractivity contribution in [3.8, 4) is 22.8 Å². The van der Waals surface area contributed by atoms with Crippen LogP contribution in [0.2, 0.25) is 0 Å². The summed E-state index contributed by atoms with van der Waals surface area (Å²) in [5.41, 5.74) is 5.45. The lowest BCUT2D eigenvalue weighted by Crippen LogP contribution is -2.06. The Morgan fingerprint density at radius 1 is 1.15 bits per heavy atom. The molecule has 108 valence electrons. The van der Waals surface area contributed by atoms with Gasteiger partial charge in [-0.2, -0.15) is 13.2 Å². The average Bonchev–Trinajstić information content (AvgIpc) is 2.82. The molecule has 1 aromatic heterocycles. The number of benzene rings is 1. The maximum atomic E-state index is 12.8. The molecule has 0 radical (unpaired) electrons. The van der Waals surface area contributed by atoms with Crippen molar-refractivity contribution in [2.24, 2.45) is 0 Å². The van der Waals surface area contributed by atoms with Crippen molar-refractivity contribution >= 4 is 16.5 Å². The van der Waals surface area contributed by atoms with Crippen LogP contribution < -0.4 is 15.2 Å². The van der Waals surface area contributed by atoms with E-state index in [-0.39, 0.29) is 11.5 Å². The van der Waals surface area contributed by atoms with Crippen LogP contribution in [0.5, 0.6) is 11.5 Å². The zero-order chi connectivity index (χ0) is 14.9.